The number of nitrogens with one attached hydrogen (secondary N) is 1. The van der Waals surface area contributed by atoms with Gasteiger partial charge in [0.15, 0.2) is 0 Å². The topological polar surface area (TPSA) is 94.3 Å². The molecule has 1 aromatic carbocycles. The first kappa shape index (κ1) is 19.4. The first-order valence-corrected chi connectivity index (χ1v) is 9.74. The normalized spacial score (nSPS) is 13.4. The monoisotopic (exact) mass is 367 g/mol. The van der Waals surface area contributed by atoms with Crippen LogP contribution in [-0.4, -0.2) is 24.7 Å². The van der Waals surface area contributed by atoms with Gasteiger partial charge in [-0.25, -0.2) is 8.42 Å². The first-order valence-electron chi connectivity index (χ1n) is 8.26. The lowest BCUT2D eigenvalue weighted by molar-refractivity contribution is 0.242. The molecule has 0 radical (unpaired) electrons. The van der Waals surface area contributed by atoms with Gasteiger partial charge >= 0.3 is 0 Å². The third-order valence-corrected chi connectivity index (χ3v) is 4.84. The fourth-order valence-corrected chi connectivity index (χ4v) is 3.55. The van der Waals surface area contributed by atoms with E-state index >= 15 is 0 Å². The number of benzene rings is 1. The second-order valence-electron chi connectivity index (χ2n) is 6.60. The number of aryl methyl sites for hydroxylation is 1. The maximum Gasteiger partial charge on any atom is 0.241 e. The molecule has 1 heterocycles. The fourth-order valence-electron chi connectivity index (χ4n) is 2.35. The van der Waals surface area contributed by atoms with Gasteiger partial charge in [-0.15, -0.1) is 10.2 Å². The molecule has 1 aromatic heterocycles. The number of hydrogen-bond donors (Lipinski definition) is 1. The van der Waals surface area contributed by atoms with Crippen molar-refractivity contribution in [2.75, 3.05) is 0 Å². The van der Waals surface area contributed by atoms with Crippen LogP contribution in [0.25, 0.3) is 0 Å². The smallest absolute Gasteiger partial charge is 0.241 e. The molecule has 0 bridgehead atoms. The van der Waals surface area contributed by atoms with Gasteiger partial charge in [0, 0.05) is 6.92 Å². The van der Waals surface area contributed by atoms with E-state index in [0.717, 1.165) is 0 Å². The number of ether oxygens (including phenoxy) is 1. The van der Waals surface area contributed by atoms with Gasteiger partial charge in [-0.3, -0.25) is 0 Å². The molecule has 0 saturated heterocycles. The first-order chi connectivity index (χ1) is 11.7. The van der Waals surface area contributed by atoms with Crippen LogP contribution in [0.4, 0.5) is 0 Å². The van der Waals surface area contributed by atoms with E-state index in [1.54, 1.807) is 19.1 Å². The second kappa shape index (κ2) is 7.97. The van der Waals surface area contributed by atoms with Crippen LogP contribution < -0.4 is 9.46 Å². The van der Waals surface area contributed by atoms with Crippen molar-refractivity contribution in [3.8, 4) is 5.75 Å². The lowest BCUT2D eigenvalue weighted by Gasteiger charge is -2.17. The Kier molecular flexibility index (Phi) is 6.18. The molecule has 2 rings (SSSR count). The molecule has 1 atom stereocenters. The summed E-state index contributed by atoms with van der Waals surface area (Å²) in [6.45, 7) is 9.50. The lowest BCUT2D eigenvalue weighted by Crippen LogP contribution is -2.30. The van der Waals surface area contributed by atoms with Gasteiger partial charge in [-0.2, -0.15) is 4.72 Å². The van der Waals surface area contributed by atoms with Crippen LogP contribution in [0.2, 0.25) is 0 Å². The number of nitrogens with zero attached hydrogens (tertiary/aromatic N) is 2. The maximum absolute atomic E-state index is 12.7. The Labute approximate surface area is 148 Å². The average molecular weight is 367 g/mol. The SMILES string of the molecule is Cc1nnc(C(CC(C)C)NS(=O)(=O)c2ccc(OC(C)C)cc2)o1. The number of rotatable bonds is 8. The molecule has 0 aliphatic carbocycles. The van der Waals surface area contributed by atoms with E-state index in [0.29, 0.717) is 18.1 Å². The maximum atomic E-state index is 12.7. The summed E-state index contributed by atoms with van der Waals surface area (Å²) in [7, 11) is -3.72. The van der Waals surface area contributed by atoms with Crippen LogP contribution in [0.3, 0.4) is 0 Å². The number of sulfonamides is 1. The predicted molar refractivity (Wildman–Crippen MR) is 93.8 cm³/mol. The molecule has 0 saturated carbocycles. The van der Waals surface area contributed by atoms with Crippen molar-refractivity contribution in [1.82, 2.24) is 14.9 Å². The van der Waals surface area contributed by atoms with Crippen LogP contribution in [0.5, 0.6) is 5.75 Å². The zero-order valence-electron chi connectivity index (χ0n) is 15.2. The average Bonchev–Trinajstić information content (AvgIpc) is 2.92. The Morgan fingerprint density at radius 3 is 2.24 bits per heavy atom. The van der Waals surface area contributed by atoms with Gasteiger partial charge in [0.2, 0.25) is 21.8 Å². The molecule has 25 heavy (non-hydrogen) atoms. The third kappa shape index (κ3) is 5.54. The van der Waals surface area contributed by atoms with E-state index in [1.807, 2.05) is 27.7 Å². The summed E-state index contributed by atoms with van der Waals surface area (Å²) < 4.78 is 39.0. The second-order valence-corrected chi connectivity index (χ2v) is 8.31. The van der Waals surface area contributed by atoms with Crippen LogP contribution >= 0.6 is 0 Å². The third-order valence-electron chi connectivity index (χ3n) is 3.35. The minimum absolute atomic E-state index is 0.0248. The van der Waals surface area contributed by atoms with Crippen LogP contribution in [0.15, 0.2) is 33.6 Å². The Bertz CT molecular complexity index is 782. The van der Waals surface area contributed by atoms with Gasteiger partial charge in [-0.05, 0) is 50.5 Å². The Morgan fingerprint density at radius 1 is 1.12 bits per heavy atom. The predicted octanol–water partition coefficient (Wildman–Crippen LogP) is 3.23. The van der Waals surface area contributed by atoms with Crippen molar-refractivity contribution in [3.63, 3.8) is 0 Å². The molecule has 8 heteroatoms. The lowest BCUT2D eigenvalue weighted by atomic mass is 10.0. The number of aromatic nitrogens is 2. The highest BCUT2D eigenvalue weighted by molar-refractivity contribution is 7.89. The van der Waals surface area contributed by atoms with E-state index < -0.39 is 16.1 Å². The molecule has 1 N–H and O–H groups in total. The van der Waals surface area contributed by atoms with Crippen LogP contribution in [-0.2, 0) is 10.0 Å². The van der Waals surface area contributed by atoms with Gasteiger partial charge in [0.05, 0.1) is 11.0 Å². The highest BCUT2D eigenvalue weighted by Crippen LogP contribution is 2.24. The summed E-state index contributed by atoms with van der Waals surface area (Å²) in [5.74, 6) is 1.55. The van der Waals surface area contributed by atoms with Crippen molar-refractivity contribution < 1.29 is 17.6 Å². The van der Waals surface area contributed by atoms with Crippen molar-refractivity contribution in [1.29, 1.82) is 0 Å². The molecule has 0 spiro atoms. The minimum Gasteiger partial charge on any atom is -0.491 e. The summed E-state index contributed by atoms with van der Waals surface area (Å²) in [5, 5.41) is 7.75. The van der Waals surface area contributed by atoms with Gasteiger partial charge in [0.1, 0.15) is 11.8 Å². The molecule has 0 fully saturated rings. The van der Waals surface area contributed by atoms with E-state index in [4.69, 9.17) is 9.15 Å². The highest BCUT2D eigenvalue weighted by Gasteiger charge is 2.26. The Balaban J connectivity index is 2.21. The largest absolute Gasteiger partial charge is 0.491 e. The van der Waals surface area contributed by atoms with Crippen LogP contribution in [0, 0.1) is 12.8 Å². The zero-order chi connectivity index (χ0) is 18.6. The molecule has 7 nitrogen and oxygen atoms in total. The van der Waals surface area contributed by atoms with Gasteiger partial charge < -0.3 is 9.15 Å². The summed E-state index contributed by atoms with van der Waals surface area (Å²) in [4.78, 5) is 0.161. The Morgan fingerprint density at radius 2 is 1.76 bits per heavy atom. The summed E-state index contributed by atoms with van der Waals surface area (Å²) >= 11 is 0. The standard InChI is InChI=1S/C17H25N3O4S/c1-11(2)10-16(17-19-18-13(5)24-17)20-25(21,22)15-8-6-14(7-9-15)23-12(3)4/h6-9,11-12,16,20H,10H2,1-5H3. The quantitative estimate of drug-likeness (QED) is 0.770. The molecule has 0 aliphatic rings. The van der Waals surface area contributed by atoms with Crippen molar-refractivity contribution in [2.24, 2.45) is 5.92 Å². The minimum atomic E-state index is -3.72. The van der Waals surface area contributed by atoms with E-state index in [2.05, 4.69) is 14.9 Å². The summed E-state index contributed by atoms with van der Waals surface area (Å²) in [5.41, 5.74) is 0. The summed E-state index contributed by atoms with van der Waals surface area (Å²) in [6, 6.07) is 5.75. The van der Waals surface area contributed by atoms with E-state index in [1.165, 1.54) is 12.1 Å². The van der Waals surface area contributed by atoms with Gasteiger partial charge in [0.25, 0.3) is 0 Å². The molecule has 138 valence electrons. The summed E-state index contributed by atoms with van der Waals surface area (Å²) in [6.07, 6.45) is 0.576. The molecule has 0 amide bonds. The molecule has 1 unspecified atom stereocenters. The van der Waals surface area contributed by atoms with Gasteiger partial charge in [-0.1, -0.05) is 13.8 Å². The molecule has 0 aliphatic heterocycles. The van der Waals surface area contributed by atoms with Crippen LogP contribution in [0.1, 0.15) is 51.9 Å². The number of hydrogen-bond acceptors (Lipinski definition) is 6. The highest BCUT2D eigenvalue weighted by atomic mass is 32.2. The van der Waals surface area contributed by atoms with Crippen molar-refractivity contribution >= 4 is 10.0 Å². The fraction of sp³-hybridized carbons (Fsp3) is 0.529. The molecular formula is C17H25N3O4S. The van der Waals surface area contributed by atoms with Crippen molar-refractivity contribution in [2.45, 2.75) is 58.1 Å². The van der Waals surface area contributed by atoms with E-state index in [-0.39, 0.29) is 22.8 Å². The zero-order valence-corrected chi connectivity index (χ0v) is 16.0. The van der Waals surface area contributed by atoms with Crippen molar-refractivity contribution in [3.05, 3.63) is 36.0 Å². The molecule has 2 aromatic rings. The van der Waals surface area contributed by atoms with E-state index in [9.17, 15) is 8.42 Å². The Hall–Kier alpha value is -1.93. The molecular weight excluding hydrogens is 342 g/mol.